The molecule has 0 saturated carbocycles. The lowest BCUT2D eigenvalue weighted by Crippen LogP contribution is -2.03. The molecular formula is C10H8N2O7S2. The highest BCUT2D eigenvalue weighted by Crippen LogP contribution is 2.34. The number of anilines is 1. The number of nitrogens with two attached hydrogens (primary N) is 1. The van der Waals surface area contributed by atoms with Crippen LogP contribution in [0, 0.1) is 4.91 Å². The Morgan fingerprint density at radius 2 is 1.57 bits per heavy atom. The Morgan fingerprint density at radius 1 is 0.952 bits per heavy atom. The second-order valence-corrected chi connectivity index (χ2v) is 6.91. The van der Waals surface area contributed by atoms with E-state index in [-0.39, 0.29) is 22.1 Å². The van der Waals surface area contributed by atoms with Gasteiger partial charge in [0.05, 0.1) is 10.6 Å². The number of rotatable bonds is 3. The molecule has 0 spiro atoms. The van der Waals surface area contributed by atoms with Crippen molar-refractivity contribution >= 4 is 42.4 Å². The van der Waals surface area contributed by atoms with Gasteiger partial charge in [0.15, 0.2) is 0 Å². The summed E-state index contributed by atoms with van der Waals surface area (Å²) in [7, 11) is -9.27. The fourth-order valence-corrected chi connectivity index (χ4v) is 2.98. The molecule has 0 aliphatic carbocycles. The summed E-state index contributed by atoms with van der Waals surface area (Å²) in [5.41, 5.74) is 4.78. The molecule has 0 unspecified atom stereocenters. The van der Waals surface area contributed by atoms with Crippen LogP contribution in [0.3, 0.4) is 0 Å². The van der Waals surface area contributed by atoms with E-state index in [4.69, 9.17) is 14.8 Å². The van der Waals surface area contributed by atoms with Gasteiger partial charge in [-0.05, 0) is 34.8 Å². The Bertz CT molecular complexity index is 965. The van der Waals surface area contributed by atoms with Crippen LogP contribution in [0.15, 0.2) is 39.2 Å². The van der Waals surface area contributed by atoms with Crippen LogP contribution in [0.25, 0.3) is 10.8 Å². The van der Waals surface area contributed by atoms with Crippen LogP contribution in [-0.4, -0.2) is 25.9 Å². The zero-order valence-corrected chi connectivity index (χ0v) is 11.7. The van der Waals surface area contributed by atoms with Crippen molar-refractivity contribution in [1.29, 1.82) is 0 Å². The smallest absolute Gasteiger partial charge is 0.296 e. The maximum absolute atomic E-state index is 11.2. The van der Waals surface area contributed by atoms with Gasteiger partial charge in [0.25, 0.3) is 20.2 Å². The highest BCUT2D eigenvalue weighted by atomic mass is 32.2. The normalized spacial score (nSPS) is 12.5. The van der Waals surface area contributed by atoms with E-state index in [1.54, 1.807) is 0 Å². The molecule has 2 aromatic rings. The third-order valence-corrected chi connectivity index (χ3v) is 4.45. The van der Waals surface area contributed by atoms with E-state index in [1.807, 2.05) is 0 Å². The topological polar surface area (TPSA) is 164 Å². The second-order valence-electron chi connectivity index (χ2n) is 4.09. The lowest BCUT2D eigenvalue weighted by Gasteiger charge is -2.08. The molecular weight excluding hydrogens is 324 g/mol. The van der Waals surface area contributed by atoms with Crippen molar-refractivity contribution in [2.45, 2.75) is 9.79 Å². The molecule has 2 aromatic carbocycles. The number of nitroso groups, excluding NO2 is 1. The molecule has 0 bridgehead atoms. The summed E-state index contributed by atoms with van der Waals surface area (Å²) in [6.07, 6.45) is 0. The monoisotopic (exact) mass is 332 g/mol. The fraction of sp³-hybridized carbons (Fsp3) is 0. The molecule has 0 aromatic heterocycles. The van der Waals surface area contributed by atoms with Crippen LogP contribution >= 0.6 is 0 Å². The molecule has 0 atom stereocenters. The quantitative estimate of drug-likeness (QED) is 0.430. The highest BCUT2D eigenvalue weighted by Gasteiger charge is 2.19. The molecule has 0 radical (unpaired) electrons. The van der Waals surface area contributed by atoms with Gasteiger partial charge in [-0.2, -0.15) is 16.8 Å². The molecule has 21 heavy (non-hydrogen) atoms. The van der Waals surface area contributed by atoms with Gasteiger partial charge in [-0.1, -0.05) is 0 Å². The van der Waals surface area contributed by atoms with Crippen molar-refractivity contribution in [3.8, 4) is 0 Å². The van der Waals surface area contributed by atoms with E-state index in [0.717, 1.165) is 24.3 Å². The van der Waals surface area contributed by atoms with Crippen LogP contribution in [-0.2, 0) is 20.2 Å². The number of benzene rings is 2. The Morgan fingerprint density at radius 3 is 2.05 bits per heavy atom. The van der Waals surface area contributed by atoms with E-state index in [2.05, 4.69) is 5.18 Å². The average molecular weight is 332 g/mol. The third-order valence-electron chi connectivity index (χ3n) is 2.71. The van der Waals surface area contributed by atoms with Gasteiger partial charge >= 0.3 is 0 Å². The van der Waals surface area contributed by atoms with Crippen molar-refractivity contribution in [2.75, 3.05) is 5.73 Å². The summed E-state index contributed by atoms with van der Waals surface area (Å²) in [5, 5.41) is 2.63. The lowest BCUT2D eigenvalue weighted by molar-refractivity contribution is 0.481. The molecule has 0 aliphatic heterocycles. The minimum Gasteiger partial charge on any atom is -0.398 e. The van der Waals surface area contributed by atoms with Crippen LogP contribution in [0.2, 0.25) is 0 Å². The Kier molecular flexibility index (Phi) is 3.45. The van der Waals surface area contributed by atoms with Crippen molar-refractivity contribution in [3.05, 3.63) is 29.2 Å². The maximum atomic E-state index is 11.2. The number of hydrogen-bond acceptors (Lipinski definition) is 7. The number of nitrogens with zero attached hydrogens (tertiary/aromatic N) is 1. The zero-order chi connectivity index (χ0) is 16.0. The summed E-state index contributed by atoms with van der Waals surface area (Å²) in [5.74, 6) is 0. The molecule has 11 heteroatoms. The largest absolute Gasteiger partial charge is 0.398 e. The molecule has 9 nitrogen and oxygen atoms in total. The third kappa shape index (κ3) is 2.85. The minimum atomic E-state index is -4.64. The number of hydrogen-bond donors (Lipinski definition) is 3. The van der Waals surface area contributed by atoms with E-state index >= 15 is 0 Å². The minimum absolute atomic E-state index is 0.0541. The van der Waals surface area contributed by atoms with Gasteiger partial charge in [-0.15, -0.1) is 4.91 Å². The van der Waals surface area contributed by atoms with Gasteiger partial charge < -0.3 is 5.73 Å². The summed E-state index contributed by atoms with van der Waals surface area (Å²) in [6, 6.07) is 3.68. The molecule has 0 fully saturated rings. The van der Waals surface area contributed by atoms with Gasteiger partial charge in [0.2, 0.25) is 0 Å². The van der Waals surface area contributed by atoms with Crippen LogP contribution in [0.4, 0.5) is 11.4 Å². The zero-order valence-electron chi connectivity index (χ0n) is 10.1. The van der Waals surface area contributed by atoms with Gasteiger partial charge in [0, 0.05) is 5.39 Å². The maximum Gasteiger partial charge on any atom is 0.296 e. The predicted molar refractivity (Wildman–Crippen MR) is 73.4 cm³/mol. The van der Waals surface area contributed by atoms with Gasteiger partial charge in [-0.3, -0.25) is 9.11 Å². The first-order valence-electron chi connectivity index (χ1n) is 5.19. The van der Waals surface area contributed by atoms with Crippen LogP contribution in [0.5, 0.6) is 0 Å². The van der Waals surface area contributed by atoms with Crippen LogP contribution in [0.1, 0.15) is 0 Å². The Hall–Kier alpha value is -2.08. The molecule has 2 rings (SSSR count). The van der Waals surface area contributed by atoms with E-state index in [0.29, 0.717) is 0 Å². The summed E-state index contributed by atoms with van der Waals surface area (Å²) < 4.78 is 62.6. The van der Waals surface area contributed by atoms with E-state index in [9.17, 15) is 21.7 Å². The van der Waals surface area contributed by atoms with Crippen molar-refractivity contribution in [2.24, 2.45) is 5.18 Å². The average Bonchev–Trinajstić information content (AvgIpc) is 2.34. The van der Waals surface area contributed by atoms with Crippen LogP contribution < -0.4 is 5.73 Å². The first kappa shape index (κ1) is 15.3. The molecule has 0 heterocycles. The predicted octanol–water partition coefficient (Wildman–Crippen LogP) is 1.31. The first-order chi connectivity index (χ1) is 9.54. The SMILES string of the molecule is Nc1cc2c(N=O)cc(S(=O)(=O)O)cc2cc1S(=O)(=O)O. The molecule has 112 valence electrons. The van der Waals surface area contributed by atoms with Crippen molar-refractivity contribution in [1.82, 2.24) is 0 Å². The van der Waals surface area contributed by atoms with Gasteiger partial charge in [0.1, 0.15) is 10.6 Å². The Balaban J connectivity index is 2.98. The molecule has 0 aliphatic rings. The van der Waals surface area contributed by atoms with Gasteiger partial charge in [-0.25, -0.2) is 0 Å². The number of nitrogen functional groups attached to an aromatic ring is 1. The summed E-state index contributed by atoms with van der Waals surface area (Å²) in [6.45, 7) is 0. The summed E-state index contributed by atoms with van der Waals surface area (Å²) >= 11 is 0. The highest BCUT2D eigenvalue weighted by molar-refractivity contribution is 7.86. The lowest BCUT2D eigenvalue weighted by atomic mass is 10.1. The Labute approximate surface area is 118 Å². The molecule has 4 N–H and O–H groups in total. The van der Waals surface area contributed by atoms with Crippen molar-refractivity contribution < 1.29 is 25.9 Å². The fourth-order valence-electron chi connectivity index (χ4n) is 1.81. The second kappa shape index (κ2) is 4.73. The van der Waals surface area contributed by atoms with E-state index in [1.165, 1.54) is 0 Å². The van der Waals surface area contributed by atoms with E-state index < -0.39 is 30.0 Å². The standard InChI is InChI=1S/C10H8N2O7S2/c11-8-4-7-5(2-10(8)21(17,18)19)1-6(20(14,15)16)3-9(7)12-13/h1-4H,11H2,(H,14,15,16)(H,17,18,19). The molecule has 0 saturated heterocycles. The molecule has 0 amide bonds. The summed E-state index contributed by atoms with van der Waals surface area (Å²) in [4.78, 5) is 9.46. The number of fused-ring (bicyclic) bond motifs is 1. The van der Waals surface area contributed by atoms with Crippen molar-refractivity contribution in [3.63, 3.8) is 0 Å². The first-order valence-corrected chi connectivity index (χ1v) is 8.07.